The molecule has 1 N–H and O–H groups in total. The summed E-state index contributed by atoms with van der Waals surface area (Å²) in [4.78, 5) is 21.1. The van der Waals surface area contributed by atoms with Gasteiger partial charge in [0, 0.05) is 17.1 Å². The first-order chi connectivity index (χ1) is 15.6. The fourth-order valence-electron chi connectivity index (χ4n) is 3.28. The molecule has 9 nitrogen and oxygen atoms in total. The average molecular weight is 492 g/mol. The SMILES string of the molecule is CCOC(=O)C(CC(C)C)NS(=O)(=O)c1ccc(CSc2nc3nc(C)cc(C)n3n2)cc1. The van der Waals surface area contributed by atoms with Crippen molar-refractivity contribution >= 4 is 33.5 Å². The van der Waals surface area contributed by atoms with Crippen LogP contribution in [0.2, 0.25) is 0 Å². The van der Waals surface area contributed by atoms with Crippen LogP contribution in [0.4, 0.5) is 0 Å². The Bertz CT molecular complexity index is 1220. The van der Waals surface area contributed by atoms with Crippen molar-refractivity contribution in [2.45, 2.75) is 62.9 Å². The second-order valence-corrected chi connectivity index (χ2v) is 10.8. The number of ether oxygens (including phenoxy) is 1. The minimum absolute atomic E-state index is 0.0930. The van der Waals surface area contributed by atoms with Crippen LogP contribution in [0.3, 0.4) is 0 Å². The van der Waals surface area contributed by atoms with Gasteiger partial charge in [-0.15, -0.1) is 5.10 Å². The summed E-state index contributed by atoms with van der Waals surface area (Å²) in [6, 6.07) is 7.56. The number of thioether (sulfide) groups is 1. The minimum atomic E-state index is -3.87. The van der Waals surface area contributed by atoms with Gasteiger partial charge < -0.3 is 4.74 Å². The minimum Gasteiger partial charge on any atom is -0.465 e. The van der Waals surface area contributed by atoms with Crippen LogP contribution in [-0.2, 0) is 25.3 Å². The zero-order valence-corrected chi connectivity index (χ0v) is 21.0. The molecule has 0 spiro atoms. The molecule has 0 aliphatic heterocycles. The highest BCUT2D eigenvalue weighted by molar-refractivity contribution is 7.98. The van der Waals surface area contributed by atoms with E-state index in [0.717, 1.165) is 17.0 Å². The number of carbonyl (C=O) groups is 1. The van der Waals surface area contributed by atoms with Crippen LogP contribution in [0.15, 0.2) is 40.4 Å². The molecule has 1 atom stereocenters. The fourth-order valence-corrected chi connectivity index (χ4v) is 5.26. The van der Waals surface area contributed by atoms with Gasteiger partial charge in [0.15, 0.2) is 0 Å². The van der Waals surface area contributed by atoms with Crippen molar-refractivity contribution in [1.82, 2.24) is 24.3 Å². The highest BCUT2D eigenvalue weighted by Crippen LogP contribution is 2.22. The number of aromatic nitrogens is 4. The number of aryl methyl sites for hydroxylation is 2. The summed E-state index contributed by atoms with van der Waals surface area (Å²) in [5.41, 5.74) is 2.76. The molecule has 3 aromatic rings. The largest absolute Gasteiger partial charge is 0.465 e. The number of sulfonamides is 1. The quantitative estimate of drug-likeness (QED) is 0.339. The molecule has 0 saturated heterocycles. The maximum absolute atomic E-state index is 12.8. The predicted molar refractivity (Wildman–Crippen MR) is 126 cm³/mol. The van der Waals surface area contributed by atoms with Crippen LogP contribution in [0.1, 0.15) is 44.1 Å². The predicted octanol–water partition coefficient (Wildman–Crippen LogP) is 3.29. The second-order valence-electron chi connectivity index (χ2n) is 8.13. The van der Waals surface area contributed by atoms with Gasteiger partial charge in [0.1, 0.15) is 6.04 Å². The number of hydrogen-bond donors (Lipinski definition) is 1. The Kier molecular flexibility index (Phi) is 8.09. The number of nitrogens with zero attached hydrogens (tertiary/aromatic N) is 4. The van der Waals surface area contributed by atoms with Gasteiger partial charge in [0.25, 0.3) is 5.78 Å². The molecular formula is C22H29N5O4S2. The molecule has 0 fully saturated rings. The van der Waals surface area contributed by atoms with Crippen molar-refractivity contribution in [1.29, 1.82) is 0 Å². The molecule has 0 saturated carbocycles. The molecule has 0 aliphatic rings. The number of esters is 1. The third kappa shape index (κ3) is 6.52. The van der Waals surface area contributed by atoms with E-state index in [1.165, 1.54) is 23.9 Å². The van der Waals surface area contributed by atoms with Crippen molar-refractivity contribution in [2.75, 3.05) is 6.61 Å². The lowest BCUT2D eigenvalue weighted by Gasteiger charge is -2.19. The Labute approximate surface area is 198 Å². The molecule has 2 aromatic heterocycles. The summed E-state index contributed by atoms with van der Waals surface area (Å²) in [5, 5.41) is 5.07. The molecule has 0 amide bonds. The summed E-state index contributed by atoms with van der Waals surface area (Å²) in [6.07, 6.45) is 0.354. The molecule has 11 heteroatoms. The van der Waals surface area contributed by atoms with Gasteiger partial charge in [-0.05, 0) is 56.9 Å². The Balaban J connectivity index is 1.68. The van der Waals surface area contributed by atoms with E-state index >= 15 is 0 Å². The molecule has 0 aliphatic carbocycles. The highest BCUT2D eigenvalue weighted by Gasteiger charge is 2.27. The molecule has 2 heterocycles. The molecule has 3 rings (SSSR count). The number of carbonyl (C=O) groups excluding carboxylic acids is 1. The van der Waals surface area contributed by atoms with Gasteiger partial charge in [0.2, 0.25) is 15.2 Å². The van der Waals surface area contributed by atoms with Crippen LogP contribution in [0, 0.1) is 19.8 Å². The number of fused-ring (bicyclic) bond motifs is 1. The summed E-state index contributed by atoms with van der Waals surface area (Å²) < 4.78 is 34.9. The lowest BCUT2D eigenvalue weighted by molar-refractivity contribution is -0.145. The van der Waals surface area contributed by atoms with E-state index in [-0.39, 0.29) is 17.4 Å². The summed E-state index contributed by atoms with van der Waals surface area (Å²) in [7, 11) is -3.87. The monoisotopic (exact) mass is 491 g/mol. The second kappa shape index (κ2) is 10.6. The van der Waals surface area contributed by atoms with Gasteiger partial charge in [-0.1, -0.05) is 37.7 Å². The smallest absolute Gasteiger partial charge is 0.324 e. The third-order valence-electron chi connectivity index (χ3n) is 4.78. The third-order valence-corrected chi connectivity index (χ3v) is 7.17. The van der Waals surface area contributed by atoms with Gasteiger partial charge in [-0.3, -0.25) is 4.79 Å². The van der Waals surface area contributed by atoms with Crippen molar-refractivity contribution in [2.24, 2.45) is 5.92 Å². The van der Waals surface area contributed by atoms with E-state index in [4.69, 9.17) is 4.74 Å². The van der Waals surface area contributed by atoms with Crippen LogP contribution >= 0.6 is 11.8 Å². The zero-order chi connectivity index (χ0) is 24.2. The standard InChI is InChI=1S/C22H29N5O4S2/c1-6-31-20(28)19(11-14(2)3)26-33(29,30)18-9-7-17(8-10-18)13-32-22-24-21-23-15(4)12-16(5)27(21)25-22/h7-10,12,14,19,26H,6,11,13H2,1-5H3. The maximum Gasteiger partial charge on any atom is 0.324 e. The van der Waals surface area contributed by atoms with Crippen LogP contribution in [0.25, 0.3) is 5.78 Å². The molecule has 178 valence electrons. The topological polar surface area (TPSA) is 116 Å². The van der Waals surface area contributed by atoms with Gasteiger partial charge in [-0.25, -0.2) is 17.9 Å². The molecule has 1 aromatic carbocycles. The Morgan fingerprint density at radius 3 is 2.52 bits per heavy atom. The van der Waals surface area contributed by atoms with Crippen LogP contribution in [-0.4, -0.2) is 46.6 Å². The van der Waals surface area contributed by atoms with Gasteiger partial charge >= 0.3 is 5.97 Å². The molecular weight excluding hydrogens is 462 g/mol. The van der Waals surface area contributed by atoms with Crippen LogP contribution < -0.4 is 4.72 Å². The Hall–Kier alpha value is -2.50. The van der Waals surface area contributed by atoms with E-state index in [1.807, 2.05) is 33.8 Å². The van der Waals surface area contributed by atoms with E-state index in [2.05, 4.69) is 19.8 Å². The Morgan fingerprint density at radius 2 is 1.88 bits per heavy atom. The fraction of sp³-hybridized carbons (Fsp3) is 0.455. The van der Waals surface area contributed by atoms with Crippen molar-refractivity contribution in [3.63, 3.8) is 0 Å². The Morgan fingerprint density at radius 1 is 1.18 bits per heavy atom. The van der Waals surface area contributed by atoms with Crippen LogP contribution in [0.5, 0.6) is 0 Å². The number of nitrogens with one attached hydrogen (secondary N) is 1. The summed E-state index contributed by atoms with van der Waals surface area (Å²) in [6.45, 7) is 9.59. The maximum atomic E-state index is 12.8. The van der Waals surface area contributed by atoms with Gasteiger partial charge in [-0.2, -0.15) is 9.71 Å². The van der Waals surface area contributed by atoms with E-state index in [0.29, 0.717) is 23.1 Å². The molecule has 0 radical (unpaired) electrons. The van der Waals surface area contributed by atoms with E-state index < -0.39 is 22.0 Å². The number of rotatable bonds is 10. The highest BCUT2D eigenvalue weighted by atomic mass is 32.2. The van der Waals surface area contributed by atoms with Crippen molar-refractivity contribution in [3.8, 4) is 0 Å². The lowest BCUT2D eigenvalue weighted by atomic mass is 10.1. The number of hydrogen-bond acceptors (Lipinski definition) is 8. The number of benzene rings is 1. The normalized spacial score (nSPS) is 12.9. The van der Waals surface area contributed by atoms with Crippen molar-refractivity contribution < 1.29 is 17.9 Å². The summed E-state index contributed by atoms with van der Waals surface area (Å²) in [5.74, 6) is 0.682. The first kappa shape index (κ1) is 25.1. The summed E-state index contributed by atoms with van der Waals surface area (Å²) >= 11 is 1.44. The average Bonchev–Trinajstić information content (AvgIpc) is 3.15. The molecule has 33 heavy (non-hydrogen) atoms. The first-order valence-electron chi connectivity index (χ1n) is 10.7. The van der Waals surface area contributed by atoms with Gasteiger partial charge in [0.05, 0.1) is 11.5 Å². The van der Waals surface area contributed by atoms with E-state index in [9.17, 15) is 13.2 Å². The molecule has 0 bridgehead atoms. The first-order valence-corrected chi connectivity index (χ1v) is 13.2. The van der Waals surface area contributed by atoms with E-state index in [1.54, 1.807) is 23.6 Å². The molecule has 1 unspecified atom stereocenters. The zero-order valence-electron chi connectivity index (χ0n) is 19.4. The van der Waals surface area contributed by atoms with Crippen molar-refractivity contribution in [3.05, 3.63) is 47.3 Å². The lowest BCUT2D eigenvalue weighted by Crippen LogP contribution is -2.42.